The molecule has 2 aromatic rings. The lowest BCUT2D eigenvalue weighted by Crippen LogP contribution is -2.35. The van der Waals surface area contributed by atoms with Crippen molar-refractivity contribution in [3.63, 3.8) is 0 Å². The van der Waals surface area contributed by atoms with E-state index < -0.39 is 0 Å². The Kier molecular flexibility index (Phi) is 4.39. The lowest BCUT2D eigenvalue weighted by Gasteiger charge is -2.34. The van der Waals surface area contributed by atoms with Crippen LogP contribution in [0.4, 0.5) is 0 Å². The average Bonchev–Trinajstić information content (AvgIpc) is 2.46. The van der Waals surface area contributed by atoms with Crippen molar-refractivity contribution in [3.05, 3.63) is 71.8 Å². The summed E-state index contributed by atoms with van der Waals surface area (Å²) in [7, 11) is 0. The highest BCUT2D eigenvalue weighted by molar-refractivity contribution is 5.26. The number of benzene rings is 2. The fraction of sp³-hybridized carbons (Fsp3) is 0.333. The quantitative estimate of drug-likeness (QED) is 0.862. The smallest absolute Gasteiger partial charge is 0.00374 e. The number of nitrogens with two attached hydrogens (primary N) is 1. The minimum absolute atomic E-state index is 0.0891. The predicted molar refractivity (Wildman–Crippen MR) is 82.2 cm³/mol. The van der Waals surface area contributed by atoms with Gasteiger partial charge in [0.15, 0.2) is 0 Å². The third kappa shape index (κ3) is 3.24. The van der Waals surface area contributed by atoms with Crippen LogP contribution >= 0.6 is 0 Å². The second kappa shape index (κ2) is 6.03. The Balaban J connectivity index is 2.21. The molecule has 0 bridgehead atoms. The van der Waals surface area contributed by atoms with Crippen LogP contribution in [0.1, 0.15) is 25.0 Å². The Morgan fingerprint density at radius 1 is 0.895 bits per heavy atom. The van der Waals surface area contributed by atoms with Gasteiger partial charge in [-0.3, -0.25) is 0 Å². The van der Waals surface area contributed by atoms with E-state index in [1.165, 1.54) is 11.1 Å². The topological polar surface area (TPSA) is 26.0 Å². The molecule has 0 spiro atoms. The molecule has 0 amide bonds. The number of rotatable bonds is 5. The Labute approximate surface area is 116 Å². The van der Waals surface area contributed by atoms with Crippen LogP contribution in [0, 0.1) is 5.92 Å². The molecule has 0 saturated carbocycles. The Hall–Kier alpha value is -1.60. The minimum atomic E-state index is 0.0891. The highest BCUT2D eigenvalue weighted by Crippen LogP contribution is 2.33. The normalized spacial score (nSPS) is 13.2. The summed E-state index contributed by atoms with van der Waals surface area (Å²) in [4.78, 5) is 0. The molecule has 0 heterocycles. The van der Waals surface area contributed by atoms with Gasteiger partial charge in [0, 0.05) is 0 Å². The van der Waals surface area contributed by atoms with Crippen LogP contribution in [0.15, 0.2) is 60.7 Å². The summed E-state index contributed by atoms with van der Waals surface area (Å²) in [5.41, 5.74) is 8.86. The van der Waals surface area contributed by atoms with E-state index in [2.05, 4.69) is 74.5 Å². The van der Waals surface area contributed by atoms with Crippen LogP contribution < -0.4 is 5.73 Å². The van der Waals surface area contributed by atoms with E-state index in [1.54, 1.807) is 0 Å². The molecule has 0 aliphatic heterocycles. The summed E-state index contributed by atoms with van der Waals surface area (Å²) in [5.74, 6) is 0.442. The van der Waals surface area contributed by atoms with Crippen molar-refractivity contribution in [2.75, 3.05) is 6.54 Å². The molecule has 0 aliphatic rings. The van der Waals surface area contributed by atoms with Gasteiger partial charge in [0.2, 0.25) is 0 Å². The third-order valence-electron chi connectivity index (χ3n) is 4.15. The second-order valence-electron chi connectivity index (χ2n) is 5.71. The van der Waals surface area contributed by atoms with Crippen LogP contribution in [0.3, 0.4) is 0 Å². The van der Waals surface area contributed by atoms with Crippen molar-refractivity contribution in [2.45, 2.75) is 25.7 Å². The Morgan fingerprint density at radius 2 is 1.42 bits per heavy atom. The molecule has 100 valence electrons. The van der Waals surface area contributed by atoms with Crippen LogP contribution in [-0.4, -0.2) is 6.54 Å². The van der Waals surface area contributed by atoms with E-state index in [9.17, 15) is 0 Å². The summed E-state index contributed by atoms with van der Waals surface area (Å²) in [5, 5.41) is 0. The molecular formula is C18H23N. The highest BCUT2D eigenvalue weighted by Gasteiger charge is 2.30. The van der Waals surface area contributed by atoms with E-state index >= 15 is 0 Å². The van der Waals surface area contributed by atoms with Gasteiger partial charge >= 0.3 is 0 Å². The Bertz CT molecular complexity index is 488. The zero-order valence-electron chi connectivity index (χ0n) is 11.8. The molecule has 0 saturated heterocycles. The van der Waals surface area contributed by atoms with Gasteiger partial charge in [-0.05, 0) is 35.4 Å². The van der Waals surface area contributed by atoms with E-state index in [1.807, 2.05) is 0 Å². The zero-order chi connectivity index (χ0) is 13.7. The minimum Gasteiger partial charge on any atom is -0.330 e. The van der Waals surface area contributed by atoms with E-state index in [-0.39, 0.29) is 5.41 Å². The first-order valence-electron chi connectivity index (χ1n) is 6.94. The highest BCUT2D eigenvalue weighted by atomic mass is 14.6. The van der Waals surface area contributed by atoms with E-state index in [4.69, 9.17) is 5.73 Å². The third-order valence-corrected chi connectivity index (χ3v) is 4.15. The number of hydrogen-bond donors (Lipinski definition) is 1. The Morgan fingerprint density at radius 3 is 1.95 bits per heavy atom. The standard InChI is InChI=1S/C18H23N/c1-18(2,16-11-7-4-8-12-16)17(14-19)13-15-9-5-3-6-10-15/h3-12,17H,13-14,19H2,1-2H3. The molecule has 2 rings (SSSR count). The zero-order valence-corrected chi connectivity index (χ0v) is 11.8. The maximum atomic E-state index is 6.04. The summed E-state index contributed by atoms with van der Waals surface area (Å²) in [6.45, 7) is 5.29. The summed E-state index contributed by atoms with van der Waals surface area (Å²) >= 11 is 0. The van der Waals surface area contributed by atoms with Gasteiger partial charge in [-0.2, -0.15) is 0 Å². The lowest BCUT2D eigenvalue weighted by molar-refractivity contribution is 0.323. The molecule has 0 aliphatic carbocycles. The van der Waals surface area contributed by atoms with Gasteiger partial charge in [0.05, 0.1) is 0 Å². The monoisotopic (exact) mass is 253 g/mol. The molecule has 2 aromatic carbocycles. The van der Waals surface area contributed by atoms with Crippen molar-refractivity contribution in [3.8, 4) is 0 Å². The van der Waals surface area contributed by atoms with Gasteiger partial charge < -0.3 is 5.73 Å². The van der Waals surface area contributed by atoms with Crippen molar-refractivity contribution in [2.24, 2.45) is 11.7 Å². The molecule has 0 radical (unpaired) electrons. The van der Waals surface area contributed by atoms with Gasteiger partial charge in [-0.1, -0.05) is 74.5 Å². The molecule has 1 unspecified atom stereocenters. The first-order chi connectivity index (χ1) is 9.14. The first kappa shape index (κ1) is 13.8. The molecule has 1 nitrogen and oxygen atoms in total. The van der Waals surface area contributed by atoms with E-state index in [0.717, 1.165) is 6.42 Å². The molecule has 1 heteroatoms. The van der Waals surface area contributed by atoms with Crippen LogP contribution in [-0.2, 0) is 11.8 Å². The lowest BCUT2D eigenvalue weighted by atomic mass is 9.71. The molecular weight excluding hydrogens is 230 g/mol. The number of hydrogen-bond acceptors (Lipinski definition) is 1. The molecule has 0 aromatic heterocycles. The first-order valence-corrected chi connectivity index (χ1v) is 6.94. The predicted octanol–water partition coefficient (Wildman–Crippen LogP) is 3.78. The van der Waals surface area contributed by atoms with E-state index in [0.29, 0.717) is 12.5 Å². The second-order valence-corrected chi connectivity index (χ2v) is 5.71. The van der Waals surface area contributed by atoms with Crippen LogP contribution in [0.2, 0.25) is 0 Å². The SMILES string of the molecule is CC(C)(c1ccccc1)C(CN)Cc1ccccc1. The molecule has 1 atom stereocenters. The van der Waals surface area contributed by atoms with Gasteiger partial charge in [0.25, 0.3) is 0 Å². The van der Waals surface area contributed by atoms with Crippen molar-refractivity contribution >= 4 is 0 Å². The fourth-order valence-electron chi connectivity index (χ4n) is 2.64. The van der Waals surface area contributed by atoms with Crippen LogP contribution in [0.25, 0.3) is 0 Å². The van der Waals surface area contributed by atoms with Crippen molar-refractivity contribution in [1.29, 1.82) is 0 Å². The van der Waals surface area contributed by atoms with Crippen molar-refractivity contribution < 1.29 is 0 Å². The van der Waals surface area contributed by atoms with Gasteiger partial charge in [0.1, 0.15) is 0 Å². The summed E-state index contributed by atoms with van der Waals surface area (Å²) in [6, 6.07) is 21.3. The van der Waals surface area contributed by atoms with Gasteiger partial charge in [-0.15, -0.1) is 0 Å². The maximum Gasteiger partial charge on any atom is -0.00374 e. The fourth-order valence-corrected chi connectivity index (χ4v) is 2.64. The largest absolute Gasteiger partial charge is 0.330 e. The maximum absolute atomic E-state index is 6.04. The van der Waals surface area contributed by atoms with Gasteiger partial charge in [-0.25, -0.2) is 0 Å². The molecule has 0 fully saturated rings. The van der Waals surface area contributed by atoms with Crippen LogP contribution in [0.5, 0.6) is 0 Å². The van der Waals surface area contributed by atoms with Crippen molar-refractivity contribution in [1.82, 2.24) is 0 Å². The molecule has 19 heavy (non-hydrogen) atoms. The average molecular weight is 253 g/mol. The summed E-state index contributed by atoms with van der Waals surface area (Å²) in [6.07, 6.45) is 1.03. The summed E-state index contributed by atoms with van der Waals surface area (Å²) < 4.78 is 0. The molecule has 2 N–H and O–H groups in total.